The zero-order chi connectivity index (χ0) is 25.9. The number of fused-ring (bicyclic) bond motifs is 1. The third-order valence-corrected chi connectivity index (χ3v) is 7.67. The number of aryl methyl sites for hydroxylation is 1. The molecule has 0 radical (unpaired) electrons. The number of amides is 2. The lowest BCUT2D eigenvalue weighted by Gasteiger charge is -2.45. The van der Waals surface area contributed by atoms with E-state index in [4.69, 9.17) is 10.1 Å². The third kappa shape index (κ3) is 5.14. The van der Waals surface area contributed by atoms with Crippen LogP contribution in [0, 0.1) is 11.2 Å². The van der Waals surface area contributed by atoms with Crippen LogP contribution in [0.25, 0.3) is 0 Å². The Morgan fingerprint density at radius 1 is 1.28 bits per heavy atom. The van der Waals surface area contributed by atoms with Crippen molar-refractivity contribution in [1.29, 1.82) is 5.41 Å². The molecule has 1 fully saturated rings. The van der Waals surface area contributed by atoms with Crippen LogP contribution in [-0.4, -0.2) is 41.9 Å². The zero-order valence-corrected chi connectivity index (χ0v) is 21.2. The predicted octanol–water partition coefficient (Wildman–Crippen LogP) is 4.64. The van der Waals surface area contributed by atoms with E-state index in [1.807, 2.05) is 19.9 Å². The topological polar surface area (TPSA) is 94.5 Å². The van der Waals surface area contributed by atoms with Crippen LogP contribution in [0.3, 0.4) is 0 Å². The maximum atomic E-state index is 13.8. The molecule has 2 aromatic carbocycles. The largest absolute Gasteiger partial charge is 0.385 e. The van der Waals surface area contributed by atoms with Gasteiger partial charge in [-0.1, -0.05) is 32.0 Å². The summed E-state index contributed by atoms with van der Waals surface area (Å²) in [6.07, 6.45) is 3.81. The molecule has 0 saturated carbocycles. The molecule has 1 aliphatic carbocycles. The third-order valence-electron chi connectivity index (χ3n) is 7.67. The Kier molecular flexibility index (Phi) is 7.73. The van der Waals surface area contributed by atoms with Gasteiger partial charge in [-0.2, -0.15) is 0 Å². The molecule has 0 aromatic heterocycles. The summed E-state index contributed by atoms with van der Waals surface area (Å²) in [7, 11) is 1.60. The first-order chi connectivity index (χ1) is 17.3. The van der Waals surface area contributed by atoms with E-state index in [-0.39, 0.29) is 29.6 Å². The first kappa shape index (κ1) is 25.8. The van der Waals surface area contributed by atoms with Gasteiger partial charge in [0.25, 0.3) is 5.91 Å². The second-order valence-electron chi connectivity index (χ2n) is 9.73. The molecule has 1 unspecified atom stereocenters. The van der Waals surface area contributed by atoms with E-state index >= 15 is 0 Å². The van der Waals surface area contributed by atoms with Crippen molar-refractivity contribution in [2.24, 2.45) is 0 Å². The van der Waals surface area contributed by atoms with Crippen LogP contribution in [0.4, 0.5) is 4.39 Å². The number of carbonyl (C=O) groups is 2. The lowest BCUT2D eigenvalue weighted by molar-refractivity contribution is -0.133. The van der Waals surface area contributed by atoms with Gasteiger partial charge in [-0.25, -0.2) is 4.39 Å². The Morgan fingerprint density at radius 3 is 2.75 bits per heavy atom. The summed E-state index contributed by atoms with van der Waals surface area (Å²) < 4.78 is 19.1. The summed E-state index contributed by atoms with van der Waals surface area (Å²) in [6.45, 7) is 4.44. The molecule has 2 amide bonds. The van der Waals surface area contributed by atoms with Crippen molar-refractivity contribution in [3.05, 3.63) is 70.5 Å². The molecular formula is C28H35FN4O3. The second-order valence-corrected chi connectivity index (χ2v) is 9.73. The van der Waals surface area contributed by atoms with Crippen molar-refractivity contribution in [2.75, 3.05) is 13.7 Å². The standard InChI is InChI=1S/C28H35FN4O3/c1-4-28(5-2)17-25(34)33(27(30)32-28)24(13-14-36-3)19-7-6-8-20(15-19)26(35)31-23-12-10-18-9-11-21(29)16-22(18)23/h6-9,11,15-16,23-24H,4-5,10,12-14,17H2,1-3H3,(H2,30,32)(H,31,35)/t23-,24?/m0/s1. The summed E-state index contributed by atoms with van der Waals surface area (Å²) in [6, 6.07) is 11.2. The molecule has 1 aliphatic heterocycles. The quantitative estimate of drug-likeness (QED) is 0.474. The molecule has 0 bridgehead atoms. The second kappa shape index (κ2) is 10.8. The first-order valence-corrected chi connectivity index (χ1v) is 12.7. The molecule has 192 valence electrons. The van der Waals surface area contributed by atoms with E-state index in [0.29, 0.717) is 25.0 Å². The predicted molar refractivity (Wildman–Crippen MR) is 136 cm³/mol. The van der Waals surface area contributed by atoms with Crippen molar-refractivity contribution in [1.82, 2.24) is 15.5 Å². The molecule has 3 N–H and O–H groups in total. The van der Waals surface area contributed by atoms with Gasteiger partial charge in [-0.05, 0) is 73.1 Å². The molecule has 36 heavy (non-hydrogen) atoms. The molecule has 4 rings (SSSR count). The van der Waals surface area contributed by atoms with Crippen LogP contribution < -0.4 is 10.6 Å². The van der Waals surface area contributed by atoms with Crippen molar-refractivity contribution in [3.8, 4) is 0 Å². The van der Waals surface area contributed by atoms with Gasteiger partial charge in [0.05, 0.1) is 18.5 Å². The molecule has 1 saturated heterocycles. The maximum Gasteiger partial charge on any atom is 0.251 e. The zero-order valence-electron chi connectivity index (χ0n) is 21.2. The van der Waals surface area contributed by atoms with E-state index in [9.17, 15) is 14.0 Å². The van der Waals surface area contributed by atoms with Crippen LogP contribution in [0.5, 0.6) is 0 Å². The summed E-state index contributed by atoms with van der Waals surface area (Å²) in [5.74, 6) is -0.590. The smallest absolute Gasteiger partial charge is 0.251 e. The van der Waals surface area contributed by atoms with E-state index < -0.39 is 11.6 Å². The minimum Gasteiger partial charge on any atom is -0.385 e. The van der Waals surface area contributed by atoms with Gasteiger partial charge in [0.15, 0.2) is 5.96 Å². The average molecular weight is 495 g/mol. The SMILES string of the molecule is CCC1(CC)CC(=O)N(C(CCOC)c2cccc(C(=O)N[C@H]3CCc4ccc(F)cc43)c2)C(=N)N1. The number of benzene rings is 2. The normalized spacial score (nSPS) is 19.6. The number of methoxy groups -OCH3 is 1. The fourth-order valence-electron chi connectivity index (χ4n) is 5.39. The molecule has 2 aliphatic rings. The Labute approximate surface area is 211 Å². The van der Waals surface area contributed by atoms with Gasteiger partial charge >= 0.3 is 0 Å². The van der Waals surface area contributed by atoms with Gasteiger partial charge < -0.3 is 15.4 Å². The fourth-order valence-corrected chi connectivity index (χ4v) is 5.39. The number of hydrogen-bond acceptors (Lipinski definition) is 4. The van der Waals surface area contributed by atoms with Crippen LogP contribution in [0.1, 0.15) is 85.1 Å². The van der Waals surface area contributed by atoms with Crippen molar-refractivity contribution in [2.45, 2.75) is 70.0 Å². The summed E-state index contributed by atoms with van der Waals surface area (Å²) >= 11 is 0. The van der Waals surface area contributed by atoms with Gasteiger partial charge in [-0.3, -0.25) is 19.9 Å². The van der Waals surface area contributed by atoms with Crippen LogP contribution in [0.2, 0.25) is 0 Å². The number of nitrogens with one attached hydrogen (secondary N) is 3. The molecule has 2 atom stereocenters. The number of hydrogen-bond donors (Lipinski definition) is 3. The minimum absolute atomic E-state index is 0.0792. The maximum absolute atomic E-state index is 13.8. The lowest BCUT2D eigenvalue weighted by atomic mass is 9.86. The molecule has 8 heteroatoms. The first-order valence-electron chi connectivity index (χ1n) is 12.7. The van der Waals surface area contributed by atoms with E-state index in [1.165, 1.54) is 17.0 Å². The van der Waals surface area contributed by atoms with Crippen molar-refractivity contribution < 1.29 is 18.7 Å². The highest BCUT2D eigenvalue weighted by Gasteiger charge is 2.42. The molecule has 2 aromatic rings. The summed E-state index contributed by atoms with van der Waals surface area (Å²) in [5, 5.41) is 15.0. The number of ether oxygens (including phenoxy) is 1. The fraction of sp³-hybridized carbons (Fsp3) is 0.464. The molecule has 1 heterocycles. The van der Waals surface area contributed by atoms with Crippen molar-refractivity contribution in [3.63, 3.8) is 0 Å². The number of nitrogens with zero attached hydrogens (tertiary/aromatic N) is 1. The van der Waals surface area contributed by atoms with Crippen LogP contribution in [-0.2, 0) is 16.0 Å². The highest BCUT2D eigenvalue weighted by molar-refractivity contribution is 6.00. The van der Waals surface area contributed by atoms with E-state index in [1.54, 1.807) is 31.4 Å². The highest BCUT2D eigenvalue weighted by atomic mass is 19.1. The van der Waals surface area contributed by atoms with Gasteiger partial charge in [0, 0.05) is 24.8 Å². The Morgan fingerprint density at radius 2 is 2.06 bits per heavy atom. The Balaban J connectivity index is 1.57. The summed E-state index contributed by atoms with van der Waals surface area (Å²) in [5.41, 5.74) is 2.69. The van der Waals surface area contributed by atoms with Crippen LogP contribution >= 0.6 is 0 Å². The monoisotopic (exact) mass is 494 g/mol. The number of guanidine groups is 1. The summed E-state index contributed by atoms with van der Waals surface area (Å²) in [4.78, 5) is 28.0. The number of rotatable bonds is 9. The van der Waals surface area contributed by atoms with E-state index in [0.717, 1.165) is 42.4 Å². The lowest BCUT2D eigenvalue weighted by Crippen LogP contribution is -2.62. The molecule has 7 nitrogen and oxygen atoms in total. The Bertz CT molecular complexity index is 1130. The van der Waals surface area contributed by atoms with Crippen molar-refractivity contribution >= 4 is 17.8 Å². The Hall–Kier alpha value is -3.26. The average Bonchev–Trinajstić information content (AvgIpc) is 3.27. The number of carbonyl (C=O) groups excluding carboxylic acids is 2. The molecule has 0 spiro atoms. The number of halogens is 1. The van der Waals surface area contributed by atoms with Gasteiger partial charge in [0.1, 0.15) is 5.82 Å². The minimum atomic E-state index is -0.446. The van der Waals surface area contributed by atoms with Gasteiger partial charge in [0.2, 0.25) is 5.91 Å². The van der Waals surface area contributed by atoms with Crippen LogP contribution in [0.15, 0.2) is 42.5 Å². The van der Waals surface area contributed by atoms with E-state index in [2.05, 4.69) is 10.6 Å². The van der Waals surface area contributed by atoms with Gasteiger partial charge in [-0.15, -0.1) is 0 Å². The highest BCUT2D eigenvalue weighted by Crippen LogP contribution is 2.34. The molecular weight excluding hydrogens is 459 g/mol.